The number of hydrogen-bond acceptors (Lipinski definition) is 7. The quantitative estimate of drug-likeness (QED) is 0.410. The van der Waals surface area contributed by atoms with Gasteiger partial charge in [-0.25, -0.2) is 14.8 Å². The lowest BCUT2D eigenvalue weighted by Crippen LogP contribution is -2.53. The summed E-state index contributed by atoms with van der Waals surface area (Å²) < 4.78 is 7.45. The van der Waals surface area contributed by atoms with Gasteiger partial charge in [0.05, 0.1) is 18.3 Å². The van der Waals surface area contributed by atoms with Gasteiger partial charge in [-0.05, 0) is 57.2 Å². The maximum absolute atomic E-state index is 12.3. The number of amides is 2. The Labute approximate surface area is 209 Å². The summed E-state index contributed by atoms with van der Waals surface area (Å²) in [5.74, 6) is 0.907. The average Bonchev–Trinajstić information content (AvgIpc) is 3.54. The number of aliphatic hydroxyl groups excluding tert-OH is 1. The van der Waals surface area contributed by atoms with Crippen LogP contribution in [0, 0.1) is 5.92 Å². The number of ether oxygens (including phenoxy) is 1. The van der Waals surface area contributed by atoms with Crippen LogP contribution in [-0.2, 0) is 16.1 Å². The van der Waals surface area contributed by atoms with Gasteiger partial charge in [-0.1, -0.05) is 0 Å². The van der Waals surface area contributed by atoms with Gasteiger partial charge >= 0.3 is 6.09 Å². The Balaban J connectivity index is 1.33. The molecule has 1 atom stereocenters. The number of likely N-dealkylation sites (tertiary alicyclic amines) is 1. The van der Waals surface area contributed by atoms with Crippen molar-refractivity contribution in [2.45, 2.75) is 57.8 Å². The Morgan fingerprint density at radius 3 is 2.75 bits per heavy atom. The summed E-state index contributed by atoms with van der Waals surface area (Å²) in [6, 6.07) is 5.65. The van der Waals surface area contributed by atoms with Gasteiger partial charge in [-0.15, -0.1) is 0 Å². The minimum Gasteiger partial charge on any atom is -0.444 e. The Hall–Kier alpha value is -3.66. The highest BCUT2D eigenvalue weighted by Crippen LogP contribution is 2.42. The second-order valence-corrected chi connectivity index (χ2v) is 10.6. The zero-order valence-electron chi connectivity index (χ0n) is 20.8. The van der Waals surface area contributed by atoms with Crippen molar-refractivity contribution in [3.05, 3.63) is 53.6 Å². The molecule has 2 fully saturated rings. The van der Waals surface area contributed by atoms with Crippen LogP contribution in [0.25, 0.3) is 5.65 Å². The molecule has 3 aromatic rings. The first-order valence-corrected chi connectivity index (χ1v) is 12.3. The summed E-state index contributed by atoms with van der Waals surface area (Å²) in [5, 5.41) is 17.2. The highest BCUT2D eigenvalue weighted by atomic mass is 16.6. The fourth-order valence-corrected chi connectivity index (χ4v) is 4.46. The molecule has 2 amide bonds. The second kappa shape index (κ2) is 9.42. The van der Waals surface area contributed by atoms with Gasteiger partial charge in [0, 0.05) is 54.9 Å². The number of pyridine rings is 2. The van der Waals surface area contributed by atoms with Crippen molar-refractivity contribution >= 4 is 29.7 Å². The molecule has 10 nitrogen and oxygen atoms in total. The molecule has 10 heteroatoms. The third kappa shape index (κ3) is 5.28. The summed E-state index contributed by atoms with van der Waals surface area (Å²) in [5.41, 5.74) is 3.80. The minimum atomic E-state index is -0.731. The number of nitrogens with one attached hydrogen (secondary N) is 2. The van der Waals surface area contributed by atoms with E-state index < -0.39 is 11.7 Å². The Bertz CT molecular complexity index is 1270. The van der Waals surface area contributed by atoms with Gasteiger partial charge in [0.1, 0.15) is 17.1 Å². The number of carbonyl (C=O) groups is 2. The Morgan fingerprint density at radius 1 is 1.28 bits per heavy atom. The highest BCUT2D eigenvalue weighted by molar-refractivity contribution is 5.70. The number of rotatable bonds is 8. The van der Waals surface area contributed by atoms with Gasteiger partial charge < -0.3 is 29.8 Å². The number of aliphatic hydroxyl groups is 1. The Morgan fingerprint density at radius 2 is 2.06 bits per heavy atom. The molecule has 0 spiro atoms. The van der Waals surface area contributed by atoms with Crippen molar-refractivity contribution in [1.82, 2.24) is 19.3 Å². The molecule has 0 bridgehead atoms. The summed E-state index contributed by atoms with van der Waals surface area (Å²) >= 11 is 0. The van der Waals surface area contributed by atoms with E-state index in [4.69, 9.17) is 9.72 Å². The fourth-order valence-electron chi connectivity index (χ4n) is 4.46. The van der Waals surface area contributed by atoms with Gasteiger partial charge in [-0.3, -0.25) is 4.79 Å². The molecule has 2 aliphatic rings. The summed E-state index contributed by atoms with van der Waals surface area (Å²) in [6.45, 7) is 6.90. The number of anilines is 2. The van der Waals surface area contributed by atoms with Crippen LogP contribution in [0.2, 0.25) is 0 Å². The number of aromatic nitrogens is 3. The van der Waals surface area contributed by atoms with Gasteiger partial charge in [0.25, 0.3) is 0 Å². The van der Waals surface area contributed by atoms with Crippen molar-refractivity contribution in [2.75, 3.05) is 23.7 Å². The third-order valence-electron chi connectivity index (χ3n) is 6.47. The van der Waals surface area contributed by atoms with E-state index in [-0.39, 0.29) is 12.0 Å². The molecule has 1 aliphatic carbocycles. The van der Waals surface area contributed by atoms with Crippen molar-refractivity contribution in [3.63, 3.8) is 0 Å². The van der Waals surface area contributed by atoms with Crippen molar-refractivity contribution < 1.29 is 19.4 Å². The first-order valence-electron chi connectivity index (χ1n) is 12.3. The van der Waals surface area contributed by atoms with E-state index >= 15 is 0 Å². The van der Waals surface area contributed by atoms with Crippen LogP contribution in [0.5, 0.6) is 0 Å². The molecule has 3 N–H and O–H groups in total. The standard InChI is InChI=1S/C26H32N6O4/c1-26(2,3)36-25(35)32-12-18(13-32)23(34)21-8-17(16-4-5-16)11-31-14-20(30-24(21)31)10-28-19-6-7-27-22(9-19)29-15-33/h6-9,11,14-16,18,23,34H,4-5,10,12-13H2,1-3H3,(H2,27,28,29,33). The predicted molar refractivity (Wildman–Crippen MR) is 135 cm³/mol. The first kappa shape index (κ1) is 24.1. The van der Waals surface area contributed by atoms with Crippen LogP contribution in [0.1, 0.15) is 62.5 Å². The molecule has 1 unspecified atom stereocenters. The van der Waals surface area contributed by atoms with Gasteiger partial charge in [0.2, 0.25) is 6.41 Å². The second-order valence-electron chi connectivity index (χ2n) is 10.6. The Kier molecular flexibility index (Phi) is 6.29. The topological polar surface area (TPSA) is 121 Å². The number of fused-ring (bicyclic) bond motifs is 1. The molecule has 36 heavy (non-hydrogen) atoms. The molecule has 1 saturated carbocycles. The number of hydrogen-bond donors (Lipinski definition) is 3. The monoisotopic (exact) mass is 492 g/mol. The van der Waals surface area contributed by atoms with Crippen molar-refractivity contribution in [3.8, 4) is 0 Å². The first-order chi connectivity index (χ1) is 17.2. The summed E-state index contributed by atoms with van der Waals surface area (Å²) in [4.78, 5) is 33.5. The third-order valence-corrected chi connectivity index (χ3v) is 6.47. The van der Waals surface area contributed by atoms with E-state index in [1.54, 1.807) is 17.2 Å². The van der Waals surface area contributed by atoms with Crippen LogP contribution >= 0.6 is 0 Å². The number of imidazole rings is 1. The van der Waals surface area contributed by atoms with Gasteiger partial charge in [0.15, 0.2) is 0 Å². The van der Waals surface area contributed by atoms with Crippen LogP contribution in [-0.4, -0.2) is 55.6 Å². The van der Waals surface area contributed by atoms with Gasteiger partial charge in [-0.2, -0.15) is 0 Å². The van der Waals surface area contributed by atoms with E-state index in [1.807, 2.05) is 37.4 Å². The van der Waals surface area contributed by atoms with E-state index in [0.717, 1.165) is 35.4 Å². The van der Waals surface area contributed by atoms with Crippen molar-refractivity contribution in [2.24, 2.45) is 5.92 Å². The van der Waals surface area contributed by atoms with Crippen LogP contribution in [0.4, 0.5) is 16.3 Å². The van der Waals surface area contributed by atoms with Crippen LogP contribution < -0.4 is 10.6 Å². The predicted octanol–water partition coefficient (Wildman–Crippen LogP) is 3.69. The number of carbonyl (C=O) groups excluding carboxylic acids is 2. The molecule has 3 aromatic heterocycles. The zero-order chi connectivity index (χ0) is 25.4. The molecular formula is C26H32N6O4. The molecule has 0 aromatic carbocycles. The molecule has 0 radical (unpaired) electrons. The highest BCUT2D eigenvalue weighted by Gasteiger charge is 2.39. The largest absolute Gasteiger partial charge is 0.444 e. The maximum Gasteiger partial charge on any atom is 0.410 e. The van der Waals surface area contributed by atoms with Crippen LogP contribution in [0.15, 0.2) is 36.8 Å². The SMILES string of the molecule is CC(C)(C)OC(=O)N1CC(C(O)c2cc(C3CC3)cn3cc(CNc4ccnc(NC=O)c4)nc23)C1. The normalized spacial score (nSPS) is 16.9. The molecule has 5 rings (SSSR count). The lowest BCUT2D eigenvalue weighted by Gasteiger charge is -2.42. The number of nitrogens with zero attached hydrogens (tertiary/aromatic N) is 4. The average molecular weight is 493 g/mol. The van der Waals surface area contributed by atoms with E-state index in [1.165, 1.54) is 5.56 Å². The van der Waals surface area contributed by atoms with Crippen molar-refractivity contribution in [1.29, 1.82) is 0 Å². The van der Waals surface area contributed by atoms with Crippen LogP contribution in [0.3, 0.4) is 0 Å². The summed E-state index contributed by atoms with van der Waals surface area (Å²) in [6.07, 6.45) is 7.51. The molecule has 1 saturated heterocycles. The fraction of sp³-hybridized carbons (Fsp3) is 0.462. The maximum atomic E-state index is 12.3. The molecule has 1 aliphatic heterocycles. The van der Waals surface area contributed by atoms with E-state index in [0.29, 0.717) is 37.8 Å². The molecular weight excluding hydrogens is 460 g/mol. The minimum absolute atomic E-state index is 0.0744. The lowest BCUT2D eigenvalue weighted by molar-refractivity contribution is -0.105. The zero-order valence-corrected chi connectivity index (χ0v) is 20.8. The smallest absolute Gasteiger partial charge is 0.410 e. The molecule has 190 valence electrons. The molecule has 4 heterocycles. The summed E-state index contributed by atoms with van der Waals surface area (Å²) in [7, 11) is 0. The van der Waals surface area contributed by atoms with E-state index in [9.17, 15) is 14.7 Å². The lowest BCUT2D eigenvalue weighted by atomic mass is 9.89. The van der Waals surface area contributed by atoms with E-state index in [2.05, 4.69) is 27.9 Å².